The summed E-state index contributed by atoms with van der Waals surface area (Å²) in [6, 6.07) is 0. The minimum Gasteiger partial charge on any atom is -0.527 e. The maximum Gasteiger partial charge on any atom is 0.498 e. The zero-order valence-corrected chi connectivity index (χ0v) is 19.8. The molecule has 0 aliphatic heterocycles. The van der Waals surface area contributed by atoms with Crippen molar-refractivity contribution >= 4 is 50.6 Å². The third-order valence-corrected chi connectivity index (χ3v) is 50.3. The van der Waals surface area contributed by atoms with E-state index in [0.29, 0.717) is 0 Å². The minimum atomic E-state index is -1.93. The molecule has 0 radical (unpaired) electrons. The highest BCUT2D eigenvalue weighted by Crippen LogP contribution is 2.19. The Morgan fingerprint density at radius 1 is 1.22 bits per heavy atom. The van der Waals surface area contributed by atoms with Crippen LogP contribution in [-0.2, 0) is 17.5 Å². The van der Waals surface area contributed by atoms with Crippen molar-refractivity contribution in [3.8, 4) is 0 Å². The molecule has 1 N–H and O–H groups in total. The standard InChI is InChI=1S/C5H20O3Si5.C2H6O2Si/c1-10(6)11(7)13(4,5)12(2,3)8-9;1-4-5(2)3/h6,10H,1-5,9H3;1-2H3. The molecule has 0 aliphatic rings. The molecule has 11 heteroatoms. The van der Waals surface area contributed by atoms with E-state index >= 15 is 0 Å². The lowest BCUT2D eigenvalue weighted by molar-refractivity contribution is 0.370. The molecule has 1 atom stereocenters. The van der Waals surface area contributed by atoms with Crippen LogP contribution in [-0.4, -0.2) is 62.5 Å². The number of rotatable bonds is 5. The predicted octanol–water partition coefficient (Wildman–Crippen LogP) is -0.619. The van der Waals surface area contributed by atoms with E-state index in [2.05, 4.69) is 30.6 Å². The van der Waals surface area contributed by atoms with Gasteiger partial charge in [0.05, 0.1) is 7.11 Å². The summed E-state index contributed by atoms with van der Waals surface area (Å²) in [6.45, 7) is 11.9. The van der Waals surface area contributed by atoms with Crippen LogP contribution in [0.5, 0.6) is 0 Å². The first-order chi connectivity index (χ1) is 7.93. The summed E-state index contributed by atoms with van der Waals surface area (Å²) < 4.78 is 31.7. The predicted molar refractivity (Wildman–Crippen MR) is 87.0 cm³/mol. The Morgan fingerprint density at radius 3 is 1.72 bits per heavy atom. The fourth-order valence-corrected chi connectivity index (χ4v) is 46.8. The largest absolute Gasteiger partial charge is 0.527 e. The number of hydrogen-bond acceptors (Lipinski definition) is 5. The zero-order chi connectivity index (χ0) is 15.1. The molecule has 108 valence electrons. The summed E-state index contributed by atoms with van der Waals surface area (Å²) in [4.78, 5) is 9.50. The van der Waals surface area contributed by atoms with Crippen LogP contribution in [0.25, 0.3) is 0 Å². The van der Waals surface area contributed by atoms with Crippen molar-refractivity contribution in [1.82, 2.24) is 0 Å². The first-order valence-electron chi connectivity index (χ1n) is 5.76. The second-order valence-electron chi connectivity index (χ2n) is 5.08. The molecule has 0 aromatic heterocycles. The van der Waals surface area contributed by atoms with E-state index < -0.39 is 40.1 Å². The Bertz CT molecular complexity index is 292. The zero-order valence-electron chi connectivity index (χ0n) is 12.7. The van der Waals surface area contributed by atoms with Gasteiger partial charge < -0.3 is 22.3 Å². The van der Waals surface area contributed by atoms with Gasteiger partial charge in [-0.2, -0.15) is 0 Å². The van der Waals surface area contributed by atoms with Crippen molar-refractivity contribution in [2.45, 2.75) is 39.3 Å². The van der Waals surface area contributed by atoms with Crippen molar-refractivity contribution < 1.29 is 22.3 Å². The monoisotopic (exact) mass is 358 g/mol. The van der Waals surface area contributed by atoms with Crippen LogP contribution in [0.2, 0.25) is 39.3 Å². The molecule has 0 bridgehead atoms. The normalized spacial score (nSPS) is 13.3. The van der Waals surface area contributed by atoms with Gasteiger partial charge in [-0.3, -0.25) is 0 Å². The molecule has 0 saturated heterocycles. The molecule has 0 fully saturated rings. The van der Waals surface area contributed by atoms with Crippen molar-refractivity contribution in [3.63, 3.8) is 0 Å². The Labute approximate surface area is 119 Å². The molecule has 0 amide bonds. The lowest BCUT2D eigenvalue weighted by Crippen LogP contribution is -2.66. The van der Waals surface area contributed by atoms with Crippen molar-refractivity contribution in [3.05, 3.63) is 0 Å². The van der Waals surface area contributed by atoms with Gasteiger partial charge in [0, 0.05) is 6.55 Å². The maximum absolute atomic E-state index is 12.0. The molecule has 1 unspecified atom stereocenters. The topological polar surface area (TPSA) is 72.8 Å². The molecular weight excluding hydrogens is 333 g/mol. The lowest BCUT2D eigenvalue weighted by Gasteiger charge is -2.35. The summed E-state index contributed by atoms with van der Waals surface area (Å²) in [5.74, 6) is 0. The average molecular weight is 359 g/mol. The molecule has 18 heavy (non-hydrogen) atoms. The molecule has 0 spiro atoms. The fourth-order valence-electron chi connectivity index (χ4n) is 1.07. The van der Waals surface area contributed by atoms with Crippen LogP contribution in [0.4, 0.5) is 0 Å². The van der Waals surface area contributed by atoms with Gasteiger partial charge in [-0.25, -0.2) is 0 Å². The third-order valence-electron chi connectivity index (χ3n) is 3.30. The van der Waals surface area contributed by atoms with Gasteiger partial charge in [0.25, 0.3) is 7.72 Å². The van der Waals surface area contributed by atoms with Gasteiger partial charge in [0.2, 0.25) is 8.56 Å². The van der Waals surface area contributed by atoms with E-state index in [0.717, 1.165) is 10.5 Å². The van der Waals surface area contributed by atoms with Crippen LogP contribution in [0, 0.1) is 0 Å². The Hall–Kier alpha value is 0.621. The second kappa shape index (κ2) is 8.72. The van der Waals surface area contributed by atoms with Crippen molar-refractivity contribution in [2.75, 3.05) is 7.11 Å². The molecule has 0 aromatic rings. The van der Waals surface area contributed by atoms with Crippen molar-refractivity contribution in [2.24, 2.45) is 0 Å². The van der Waals surface area contributed by atoms with Crippen LogP contribution in [0.1, 0.15) is 0 Å². The maximum atomic E-state index is 12.0. The molecular formula is C7H26O5Si6. The van der Waals surface area contributed by atoms with Gasteiger partial charge in [0.1, 0.15) is 17.6 Å². The first-order valence-corrected chi connectivity index (χ1v) is 21.2. The van der Waals surface area contributed by atoms with Gasteiger partial charge in [0.15, 0.2) is 7.83 Å². The van der Waals surface area contributed by atoms with Gasteiger partial charge in [-0.1, -0.05) is 13.1 Å². The SMILES string of the molecule is CO[Si](C)=O.C[SiH](O)[Si](=O)[Si](C)(C)[Si](C)(C)O[SiH3]. The minimum absolute atomic E-state index is 0.728. The summed E-state index contributed by atoms with van der Waals surface area (Å²) in [5, 5.41) is 0. The Balaban J connectivity index is 0. The highest BCUT2D eigenvalue weighted by molar-refractivity contribution is 7.69. The van der Waals surface area contributed by atoms with E-state index in [9.17, 15) is 13.7 Å². The summed E-state index contributed by atoms with van der Waals surface area (Å²) >= 11 is 0. The highest BCUT2D eigenvalue weighted by Gasteiger charge is 2.50. The second-order valence-corrected chi connectivity index (χ2v) is 36.4. The number of hydrogen-bond donors (Lipinski definition) is 1. The van der Waals surface area contributed by atoms with Crippen LogP contribution in [0.3, 0.4) is 0 Å². The van der Waals surface area contributed by atoms with Crippen molar-refractivity contribution in [1.29, 1.82) is 0 Å². The Kier molecular flexibility index (Phi) is 10.1. The Morgan fingerprint density at radius 2 is 1.56 bits per heavy atom. The van der Waals surface area contributed by atoms with Crippen LogP contribution < -0.4 is 0 Å². The highest BCUT2D eigenvalue weighted by atomic mass is 29.8. The van der Waals surface area contributed by atoms with Gasteiger partial charge in [-0.15, -0.1) is 0 Å². The summed E-state index contributed by atoms with van der Waals surface area (Å²) in [5.41, 5.74) is 0. The van der Waals surface area contributed by atoms with Crippen LogP contribution >= 0.6 is 0 Å². The van der Waals surface area contributed by atoms with E-state index in [1.54, 1.807) is 13.1 Å². The van der Waals surface area contributed by atoms with Gasteiger partial charge >= 0.3 is 8.93 Å². The molecule has 0 aromatic carbocycles. The van der Waals surface area contributed by atoms with E-state index in [1.807, 2.05) is 0 Å². The van der Waals surface area contributed by atoms with E-state index in [4.69, 9.17) is 4.12 Å². The molecule has 0 saturated carbocycles. The molecule has 0 aliphatic carbocycles. The van der Waals surface area contributed by atoms with Gasteiger partial charge in [-0.05, 0) is 19.6 Å². The van der Waals surface area contributed by atoms with E-state index in [-0.39, 0.29) is 0 Å². The summed E-state index contributed by atoms with van der Waals surface area (Å²) in [7, 11) is -6.61. The summed E-state index contributed by atoms with van der Waals surface area (Å²) in [6.07, 6.45) is 0. The fraction of sp³-hybridized carbons (Fsp3) is 1.00. The van der Waals surface area contributed by atoms with Crippen LogP contribution in [0.15, 0.2) is 0 Å². The van der Waals surface area contributed by atoms with E-state index in [1.165, 1.54) is 7.11 Å². The third kappa shape index (κ3) is 6.69. The molecule has 5 nitrogen and oxygen atoms in total. The lowest BCUT2D eigenvalue weighted by atomic mass is 11.8. The first kappa shape index (κ1) is 20.9. The smallest absolute Gasteiger partial charge is 0.498 e. The quantitative estimate of drug-likeness (QED) is 0.663. The average Bonchev–Trinajstić information content (AvgIpc) is 2.28. The molecule has 0 rings (SSSR count). The molecule has 0 heterocycles.